The zero-order chi connectivity index (χ0) is 12.4. The molecule has 0 saturated carbocycles. The third-order valence-electron chi connectivity index (χ3n) is 2.52. The number of halogens is 1. The molecule has 2 heterocycles. The molecule has 0 saturated heterocycles. The highest BCUT2D eigenvalue weighted by atomic mass is 79.9. The first-order valence-electron chi connectivity index (χ1n) is 5.46. The molecule has 0 fully saturated rings. The molecule has 0 aliphatic carbocycles. The first-order chi connectivity index (χ1) is 8.83. The number of benzene rings is 1. The molecular formula is C14H9BrN2S. The fourth-order valence-corrected chi connectivity index (χ4v) is 2.67. The van der Waals surface area contributed by atoms with Gasteiger partial charge in [0.25, 0.3) is 0 Å². The maximum Gasteiger partial charge on any atom is 0.142 e. The van der Waals surface area contributed by atoms with E-state index in [0.717, 1.165) is 26.4 Å². The summed E-state index contributed by atoms with van der Waals surface area (Å²) < 4.78 is 0.978. The third-order valence-corrected chi connectivity index (χ3v) is 3.85. The minimum absolute atomic E-state index is 0.908. The van der Waals surface area contributed by atoms with Gasteiger partial charge in [-0.15, -0.1) is 11.3 Å². The van der Waals surface area contributed by atoms with Gasteiger partial charge in [-0.05, 0) is 28.1 Å². The van der Waals surface area contributed by atoms with Gasteiger partial charge in [-0.2, -0.15) is 0 Å². The van der Waals surface area contributed by atoms with Gasteiger partial charge in [-0.1, -0.05) is 30.3 Å². The Morgan fingerprint density at radius 1 is 0.944 bits per heavy atom. The van der Waals surface area contributed by atoms with Gasteiger partial charge in [-0.25, -0.2) is 4.98 Å². The van der Waals surface area contributed by atoms with Gasteiger partial charge >= 0.3 is 0 Å². The van der Waals surface area contributed by atoms with Crippen LogP contribution in [-0.2, 0) is 0 Å². The molecule has 0 amide bonds. The largest absolute Gasteiger partial charge is 0.253 e. The standard InChI is InChI=1S/C14H9BrN2S/c15-11-6-7-12(16-8-11)14-17-13(9-18-14)10-4-2-1-3-5-10/h1-9H. The lowest BCUT2D eigenvalue weighted by Crippen LogP contribution is -1.82. The van der Waals surface area contributed by atoms with Crippen molar-refractivity contribution in [3.63, 3.8) is 0 Å². The molecule has 3 rings (SSSR count). The molecule has 0 radical (unpaired) electrons. The Morgan fingerprint density at radius 3 is 2.50 bits per heavy atom. The summed E-state index contributed by atoms with van der Waals surface area (Å²) in [5, 5.41) is 3.01. The average Bonchev–Trinajstić information content (AvgIpc) is 2.90. The number of thiazole rings is 1. The Morgan fingerprint density at radius 2 is 1.78 bits per heavy atom. The van der Waals surface area contributed by atoms with Crippen molar-refractivity contribution in [1.29, 1.82) is 0 Å². The smallest absolute Gasteiger partial charge is 0.142 e. The summed E-state index contributed by atoms with van der Waals surface area (Å²) in [7, 11) is 0. The summed E-state index contributed by atoms with van der Waals surface area (Å²) in [6, 6.07) is 14.1. The van der Waals surface area contributed by atoms with Crippen molar-refractivity contribution in [1.82, 2.24) is 9.97 Å². The lowest BCUT2D eigenvalue weighted by atomic mass is 10.2. The van der Waals surface area contributed by atoms with Crippen LogP contribution >= 0.6 is 27.3 Å². The molecule has 0 N–H and O–H groups in total. The number of nitrogens with zero attached hydrogens (tertiary/aromatic N) is 2. The van der Waals surface area contributed by atoms with E-state index in [1.165, 1.54) is 0 Å². The van der Waals surface area contributed by atoms with E-state index in [1.54, 1.807) is 17.5 Å². The molecule has 4 heteroatoms. The molecule has 0 bridgehead atoms. The average molecular weight is 317 g/mol. The molecule has 0 aliphatic heterocycles. The van der Waals surface area contributed by atoms with Crippen molar-refractivity contribution < 1.29 is 0 Å². The minimum Gasteiger partial charge on any atom is -0.253 e. The molecule has 18 heavy (non-hydrogen) atoms. The minimum atomic E-state index is 0.908. The van der Waals surface area contributed by atoms with E-state index >= 15 is 0 Å². The highest BCUT2D eigenvalue weighted by Crippen LogP contribution is 2.27. The molecule has 2 nitrogen and oxygen atoms in total. The zero-order valence-electron chi connectivity index (χ0n) is 9.38. The Bertz CT molecular complexity index is 647. The van der Waals surface area contributed by atoms with Crippen molar-refractivity contribution in [2.45, 2.75) is 0 Å². The highest BCUT2D eigenvalue weighted by molar-refractivity contribution is 9.10. The molecule has 3 aromatic rings. The first kappa shape index (κ1) is 11.6. The van der Waals surface area contributed by atoms with Gasteiger partial charge < -0.3 is 0 Å². The van der Waals surface area contributed by atoms with Gasteiger partial charge in [0.05, 0.1) is 11.4 Å². The van der Waals surface area contributed by atoms with Gasteiger partial charge in [0.2, 0.25) is 0 Å². The lowest BCUT2D eigenvalue weighted by molar-refractivity contribution is 1.28. The Kier molecular flexibility index (Phi) is 3.21. The maximum atomic E-state index is 4.62. The summed E-state index contributed by atoms with van der Waals surface area (Å²) in [5.74, 6) is 0. The predicted molar refractivity (Wildman–Crippen MR) is 78.5 cm³/mol. The fourth-order valence-electron chi connectivity index (χ4n) is 1.64. The molecule has 0 unspecified atom stereocenters. The summed E-state index contributed by atoms with van der Waals surface area (Å²) in [5.41, 5.74) is 3.04. The zero-order valence-corrected chi connectivity index (χ0v) is 11.8. The van der Waals surface area contributed by atoms with Crippen LogP contribution in [0.15, 0.2) is 58.5 Å². The van der Waals surface area contributed by atoms with Gasteiger partial charge in [-0.3, -0.25) is 4.98 Å². The monoisotopic (exact) mass is 316 g/mol. The molecule has 0 spiro atoms. The summed E-state index contributed by atoms with van der Waals surface area (Å²) in [6.07, 6.45) is 1.79. The second-order valence-corrected chi connectivity index (χ2v) is 5.54. The van der Waals surface area contributed by atoms with Crippen LogP contribution < -0.4 is 0 Å². The van der Waals surface area contributed by atoms with Gasteiger partial charge in [0, 0.05) is 21.6 Å². The maximum absolute atomic E-state index is 4.62. The first-order valence-corrected chi connectivity index (χ1v) is 7.13. The predicted octanol–water partition coefficient (Wildman–Crippen LogP) is 4.63. The molecular weight excluding hydrogens is 308 g/mol. The van der Waals surface area contributed by atoms with Crippen LogP contribution in [0.25, 0.3) is 22.0 Å². The molecule has 1 aromatic carbocycles. The van der Waals surface area contributed by atoms with Gasteiger partial charge in [0.15, 0.2) is 0 Å². The lowest BCUT2D eigenvalue weighted by Gasteiger charge is -1.96. The van der Waals surface area contributed by atoms with Crippen molar-refractivity contribution in [3.8, 4) is 22.0 Å². The number of pyridine rings is 1. The number of aromatic nitrogens is 2. The van der Waals surface area contributed by atoms with Crippen LogP contribution in [0.3, 0.4) is 0 Å². The van der Waals surface area contributed by atoms with E-state index in [9.17, 15) is 0 Å². The third kappa shape index (κ3) is 2.35. The fraction of sp³-hybridized carbons (Fsp3) is 0. The molecule has 0 atom stereocenters. The number of rotatable bonds is 2. The number of hydrogen-bond acceptors (Lipinski definition) is 3. The second-order valence-electron chi connectivity index (χ2n) is 3.77. The van der Waals surface area contributed by atoms with E-state index in [2.05, 4.69) is 43.4 Å². The molecule has 2 aromatic heterocycles. The van der Waals surface area contributed by atoms with E-state index in [4.69, 9.17) is 0 Å². The van der Waals surface area contributed by atoms with Crippen LogP contribution in [0, 0.1) is 0 Å². The van der Waals surface area contributed by atoms with Crippen molar-refractivity contribution >= 4 is 27.3 Å². The van der Waals surface area contributed by atoms with Crippen LogP contribution in [0.5, 0.6) is 0 Å². The summed E-state index contributed by atoms with van der Waals surface area (Å²) in [4.78, 5) is 8.98. The quantitative estimate of drug-likeness (QED) is 0.688. The molecule has 0 aliphatic rings. The second kappa shape index (κ2) is 5.00. The van der Waals surface area contributed by atoms with E-state index in [1.807, 2.05) is 30.3 Å². The summed E-state index contributed by atoms with van der Waals surface area (Å²) in [6.45, 7) is 0. The highest BCUT2D eigenvalue weighted by Gasteiger charge is 2.07. The normalized spacial score (nSPS) is 10.5. The van der Waals surface area contributed by atoms with Gasteiger partial charge in [0.1, 0.15) is 5.01 Å². The van der Waals surface area contributed by atoms with E-state index in [0.29, 0.717) is 0 Å². The van der Waals surface area contributed by atoms with Crippen LogP contribution in [0.2, 0.25) is 0 Å². The van der Waals surface area contributed by atoms with Crippen LogP contribution in [0.1, 0.15) is 0 Å². The van der Waals surface area contributed by atoms with Crippen molar-refractivity contribution in [2.75, 3.05) is 0 Å². The Balaban J connectivity index is 1.97. The van der Waals surface area contributed by atoms with Crippen LogP contribution in [0.4, 0.5) is 0 Å². The SMILES string of the molecule is Brc1ccc(-c2nc(-c3ccccc3)cs2)nc1. The van der Waals surface area contributed by atoms with Crippen molar-refractivity contribution in [2.24, 2.45) is 0 Å². The van der Waals surface area contributed by atoms with Crippen molar-refractivity contribution in [3.05, 3.63) is 58.5 Å². The summed E-state index contributed by atoms with van der Waals surface area (Å²) >= 11 is 4.99. The topological polar surface area (TPSA) is 25.8 Å². The Hall–Kier alpha value is -1.52. The number of hydrogen-bond donors (Lipinski definition) is 0. The molecule has 88 valence electrons. The van der Waals surface area contributed by atoms with E-state index < -0.39 is 0 Å². The van der Waals surface area contributed by atoms with E-state index in [-0.39, 0.29) is 0 Å². The Labute approximate surface area is 117 Å². The van der Waals surface area contributed by atoms with Crippen LogP contribution in [-0.4, -0.2) is 9.97 Å².